The molecule has 1 aromatic carbocycles. The van der Waals surface area contributed by atoms with Crippen LogP contribution in [-0.4, -0.2) is 31.1 Å². The average molecular weight is 261 g/mol. The number of carbonyl (C=O) groups is 1. The monoisotopic (exact) mass is 261 g/mol. The van der Waals surface area contributed by atoms with Gasteiger partial charge in [0, 0.05) is 6.04 Å². The van der Waals surface area contributed by atoms with E-state index in [-0.39, 0.29) is 12.0 Å². The second kappa shape index (κ2) is 5.74. The Balaban J connectivity index is 2.24. The first-order valence-electron chi connectivity index (χ1n) is 6.94. The molecule has 0 bridgehead atoms. The Morgan fingerprint density at radius 1 is 1.21 bits per heavy atom. The number of likely N-dealkylation sites (N-methyl/N-ethyl adjacent to an activating group) is 1. The van der Waals surface area contributed by atoms with Gasteiger partial charge >= 0.3 is 5.97 Å². The number of hydrogen-bond acceptors (Lipinski definition) is 3. The molecule has 1 fully saturated rings. The molecule has 1 aromatic rings. The Morgan fingerprint density at radius 3 is 2.16 bits per heavy atom. The summed E-state index contributed by atoms with van der Waals surface area (Å²) in [5, 5.41) is 0. The highest BCUT2D eigenvalue weighted by molar-refractivity contribution is 5.77. The zero-order valence-corrected chi connectivity index (χ0v) is 12.2. The van der Waals surface area contributed by atoms with E-state index in [0.717, 1.165) is 5.56 Å². The van der Waals surface area contributed by atoms with Gasteiger partial charge in [-0.1, -0.05) is 38.1 Å². The van der Waals surface area contributed by atoms with Crippen LogP contribution < -0.4 is 0 Å². The highest BCUT2D eigenvalue weighted by Crippen LogP contribution is 2.33. The first-order valence-corrected chi connectivity index (χ1v) is 6.94. The number of rotatable bonds is 5. The van der Waals surface area contributed by atoms with Crippen molar-refractivity contribution in [2.75, 3.05) is 14.2 Å². The van der Waals surface area contributed by atoms with Crippen molar-refractivity contribution in [3.8, 4) is 0 Å². The molecule has 2 rings (SSSR count). The summed E-state index contributed by atoms with van der Waals surface area (Å²) < 4.78 is 4.96. The van der Waals surface area contributed by atoms with E-state index < -0.39 is 0 Å². The predicted octanol–water partition coefficient (Wildman–Crippen LogP) is 3.12. The smallest absolute Gasteiger partial charge is 0.327 e. The van der Waals surface area contributed by atoms with Gasteiger partial charge in [0.1, 0.15) is 6.04 Å². The number of nitrogens with zero attached hydrogens (tertiary/aromatic N) is 1. The molecule has 104 valence electrons. The van der Waals surface area contributed by atoms with E-state index in [4.69, 9.17) is 4.74 Å². The van der Waals surface area contributed by atoms with Gasteiger partial charge in [-0.2, -0.15) is 0 Å². The lowest BCUT2D eigenvalue weighted by molar-refractivity contribution is -0.147. The Hall–Kier alpha value is -1.35. The van der Waals surface area contributed by atoms with E-state index in [0.29, 0.717) is 12.0 Å². The molecule has 0 N–H and O–H groups in total. The van der Waals surface area contributed by atoms with Crippen molar-refractivity contribution in [1.29, 1.82) is 0 Å². The molecule has 1 saturated carbocycles. The van der Waals surface area contributed by atoms with Crippen LogP contribution in [-0.2, 0) is 9.53 Å². The van der Waals surface area contributed by atoms with Gasteiger partial charge in [-0.25, -0.2) is 4.79 Å². The summed E-state index contributed by atoms with van der Waals surface area (Å²) in [6.45, 7) is 4.34. The Morgan fingerprint density at radius 2 is 1.74 bits per heavy atom. The highest BCUT2D eigenvalue weighted by Gasteiger charge is 2.36. The Kier molecular flexibility index (Phi) is 4.25. The normalized spacial score (nSPS) is 16.7. The van der Waals surface area contributed by atoms with Crippen LogP contribution in [0.3, 0.4) is 0 Å². The van der Waals surface area contributed by atoms with Gasteiger partial charge < -0.3 is 4.74 Å². The lowest BCUT2D eigenvalue weighted by Gasteiger charge is -2.26. The van der Waals surface area contributed by atoms with Crippen LogP contribution in [0.4, 0.5) is 0 Å². The van der Waals surface area contributed by atoms with Crippen LogP contribution in [0.2, 0.25) is 0 Å². The van der Waals surface area contributed by atoms with Crippen LogP contribution >= 0.6 is 0 Å². The molecule has 0 aromatic heterocycles. The molecule has 1 aliphatic rings. The molecule has 1 aliphatic carbocycles. The number of carbonyl (C=O) groups excluding carboxylic acids is 1. The van der Waals surface area contributed by atoms with Crippen molar-refractivity contribution in [3.63, 3.8) is 0 Å². The first-order chi connectivity index (χ1) is 9.04. The second-order valence-electron chi connectivity index (χ2n) is 5.64. The fourth-order valence-corrected chi connectivity index (χ4v) is 2.40. The number of benzene rings is 1. The number of ether oxygens (including phenoxy) is 1. The minimum absolute atomic E-state index is 0.174. The van der Waals surface area contributed by atoms with E-state index >= 15 is 0 Å². The molecule has 3 nitrogen and oxygen atoms in total. The lowest BCUT2D eigenvalue weighted by Crippen LogP contribution is -2.33. The molecule has 0 heterocycles. The van der Waals surface area contributed by atoms with E-state index in [1.165, 1.54) is 25.5 Å². The Labute approximate surface area is 115 Å². The molecule has 3 heteroatoms. The van der Waals surface area contributed by atoms with Crippen LogP contribution in [0, 0.1) is 0 Å². The van der Waals surface area contributed by atoms with Gasteiger partial charge in [-0.3, -0.25) is 4.90 Å². The number of methoxy groups -OCH3 is 1. The van der Waals surface area contributed by atoms with Crippen LogP contribution in [0.1, 0.15) is 49.8 Å². The summed E-state index contributed by atoms with van der Waals surface area (Å²) in [6.07, 6.45) is 2.35. The van der Waals surface area contributed by atoms with Crippen molar-refractivity contribution >= 4 is 5.97 Å². The zero-order chi connectivity index (χ0) is 14.0. The molecule has 1 atom stereocenters. The molecule has 19 heavy (non-hydrogen) atoms. The summed E-state index contributed by atoms with van der Waals surface area (Å²) in [5.41, 5.74) is 2.31. The third-order valence-electron chi connectivity index (χ3n) is 3.87. The minimum atomic E-state index is -0.279. The second-order valence-corrected chi connectivity index (χ2v) is 5.64. The number of esters is 1. The molecule has 0 amide bonds. The standard InChI is InChI=1S/C16H23NO2/c1-11(2)12-5-7-13(8-6-12)15(16(18)19-4)17(3)14-9-10-14/h5-8,11,14-15H,9-10H2,1-4H3. The van der Waals surface area contributed by atoms with E-state index in [1.807, 2.05) is 7.05 Å². The van der Waals surface area contributed by atoms with Gasteiger partial charge in [0.15, 0.2) is 0 Å². The fraction of sp³-hybridized carbons (Fsp3) is 0.562. The summed E-state index contributed by atoms with van der Waals surface area (Å²) in [4.78, 5) is 14.2. The highest BCUT2D eigenvalue weighted by atomic mass is 16.5. The van der Waals surface area contributed by atoms with E-state index in [1.54, 1.807) is 0 Å². The topological polar surface area (TPSA) is 29.5 Å². The van der Waals surface area contributed by atoms with Gasteiger partial charge in [-0.15, -0.1) is 0 Å². The molecular weight excluding hydrogens is 238 g/mol. The summed E-state index contributed by atoms with van der Waals surface area (Å²) in [6, 6.07) is 8.56. The maximum atomic E-state index is 12.0. The first kappa shape index (κ1) is 14.1. The molecule has 0 aliphatic heterocycles. The summed E-state index contributed by atoms with van der Waals surface area (Å²) >= 11 is 0. The molecule has 1 unspecified atom stereocenters. The third-order valence-corrected chi connectivity index (χ3v) is 3.87. The van der Waals surface area contributed by atoms with Gasteiger partial charge in [0.25, 0.3) is 0 Å². The quantitative estimate of drug-likeness (QED) is 0.763. The van der Waals surface area contributed by atoms with Gasteiger partial charge in [0.2, 0.25) is 0 Å². The Bertz CT molecular complexity index is 435. The fourth-order valence-electron chi connectivity index (χ4n) is 2.40. The van der Waals surface area contributed by atoms with Crippen LogP contribution in [0.25, 0.3) is 0 Å². The van der Waals surface area contributed by atoms with Crippen molar-refractivity contribution < 1.29 is 9.53 Å². The van der Waals surface area contributed by atoms with Crippen LogP contribution in [0.15, 0.2) is 24.3 Å². The predicted molar refractivity (Wildman–Crippen MR) is 76.1 cm³/mol. The minimum Gasteiger partial charge on any atom is -0.468 e. The van der Waals surface area contributed by atoms with Gasteiger partial charge in [0.05, 0.1) is 7.11 Å². The summed E-state index contributed by atoms with van der Waals surface area (Å²) in [7, 11) is 3.47. The third kappa shape index (κ3) is 3.16. The van der Waals surface area contributed by atoms with Crippen molar-refractivity contribution in [3.05, 3.63) is 35.4 Å². The summed E-state index contributed by atoms with van der Waals surface area (Å²) in [5.74, 6) is 0.332. The largest absolute Gasteiger partial charge is 0.468 e. The van der Waals surface area contributed by atoms with Crippen molar-refractivity contribution in [2.45, 2.75) is 44.7 Å². The molecule has 0 saturated heterocycles. The number of hydrogen-bond donors (Lipinski definition) is 0. The SMILES string of the molecule is COC(=O)C(c1ccc(C(C)C)cc1)N(C)C1CC1. The maximum Gasteiger partial charge on any atom is 0.327 e. The average Bonchev–Trinajstić information content (AvgIpc) is 3.23. The zero-order valence-electron chi connectivity index (χ0n) is 12.2. The molecule has 0 radical (unpaired) electrons. The maximum absolute atomic E-state index is 12.0. The van der Waals surface area contributed by atoms with E-state index in [9.17, 15) is 4.79 Å². The lowest BCUT2D eigenvalue weighted by atomic mass is 9.98. The molecule has 0 spiro atoms. The van der Waals surface area contributed by atoms with Gasteiger partial charge in [-0.05, 0) is 36.9 Å². The van der Waals surface area contributed by atoms with Crippen LogP contribution in [0.5, 0.6) is 0 Å². The van der Waals surface area contributed by atoms with Crippen molar-refractivity contribution in [1.82, 2.24) is 4.90 Å². The van der Waals surface area contributed by atoms with E-state index in [2.05, 4.69) is 43.0 Å². The van der Waals surface area contributed by atoms with Crippen molar-refractivity contribution in [2.24, 2.45) is 0 Å². The molecular formula is C16H23NO2.